The van der Waals surface area contributed by atoms with Gasteiger partial charge in [-0.15, -0.1) is 0 Å². The van der Waals surface area contributed by atoms with Crippen LogP contribution < -0.4 is 10.1 Å². The number of aryl methyl sites for hydroxylation is 1. The summed E-state index contributed by atoms with van der Waals surface area (Å²) in [5.41, 5.74) is 2.85. The molecule has 3 nitrogen and oxygen atoms in total. The highest BCUT2D eigenvalue weighted by atomic mass is 16.5. The topological polar surface area (TPSA) is 24.5 Å². The van der Waals surface area contributed by atoms with Crippen molar-refractivity contribution in [3.63, 3.8) is 0 Å². The van der Waals surface area contributed by atoms with Crippen LogP contribution in [0.4, 0.5) is 0 Å². The minimum Gasteiger partial charge on any atom is -0.496 e. The Kier molecular flexibility index (Phi) is 4.71. The van der Waals surface area contributed by atoms with Crippen molar-refractivity contribution in [1.82, 2.24) is 10.2 Å². The summed E-state index contributed by atoms with van der Waals surface area (Å²) in [6.45, 7) is 9.05. The van der Waals surface area contributed by atoms with Gasteiger partial charge in [-0.25, -0.2) is 0 Å². The standard InChI is InChI=1S/C17H28N2O/c1-13-7-8-16(20-5)14(11-13)15(18-4)12-19-10-6-9-17(19,2)3/h7-8,11,15,18H,6,9-10,12H2,1-5H3. The van der Waals surface area contributed by atoms with Crippen molar-refractivity contribution in [2.45, 2.75) is 45.2 Å². The SMILES string of the molecule is CNC(CN1CCCC1(C)C)c1cc(C)ccc1OC. The van der Waals surface area contributed by atoms with Crippen molar-refractivity contribution in [3.05, 3.63) is 29.3 Å². The van der Waals surface area contributed by atoms with Gasteiger partial charge >= 0.3 is 0 Å². The van der Waals surface area contributed by atoms with Crippen molar-refractivity contribution in [2.75, 3.05) is 27.2 Å². The van der Waals surface area contributed by atoms with Crippen LogP contribution in [0.25, 0.3) is 0 Å². The van der Waals surface area contributed by atoms with Gasteiger partial charge in [0.2, 0.25) is 0 Å². The summed E-state index contributed by atoms with van der Waals surface area (Å²) in [6.07, 6.45) is 2.59. The molecule has 112 valence electrons. The summed E-state index contributed by atoms with van der Waals surface area (Å²) < 4.78 is 5.54. The molecule has 1 fully saturated rings. The normalized spacial score (nSPS) is 20.1. The van der Waals surface area contributed by atoms with Crippen LogP contribution in [0.1, 0.15) is 43.9 Å². The summed E-state index contributed by atoms with van der Waals surface area (Å²) >= 11 is 0. The number of nitrogens with zero attached hydrogens (tertiary/aromatic N) is 1. The summed E-state index contributed by atoms with van der Waals surface area (Å²) in [4.78, 5) is 2.59. The second-order valence-electron chi connectivity index (χ2n) is 6.45. The molecule has 2 rings (SSSR count). The van der Waals surface area contributed by atoms with Crippen LogP contribution in [0.5, 0.6) is 5.75 Å². The van der Waals surface area contributed by atoms with Crippen molar-refractivity contribution in [3.8, 4) is 5.75 Å². The lowest BCUT2D eigenvalue weighted by atomic mass is 9.99. The quantitative estimate of drug-likeness (QED) is 0.894. The molecule has 0 radical (unpaired) electrons. The highest BCUT2D eigenvalue weighted by Gasteiger charge is 2.33. The zero-order valence-electron chi connectivity index (χ0n) is 13.5. The second-order valence-corrected chi connectivity index (χ2v) is 6.45. The average Bonchev–Trinajstić information content (AvgIpc) is 2.75. The molecule has 3 heteroatoms. The van der Waals surface area contributed by atoms with E-state index in [2.05, 4.69) is 49.2 Å². The molecule has 1 heterocycles. The van der Waals surface area contributed by atoms with Gasteiger partial charge in [-0.05, 0) is 53.3 Å². The van der Waals surface area contributed by atoms with Crippen LogP contribution in [0, 0.1) is 6.92 Å². The Labute approximate surface area is 123 Å². The lowest BCUT2D eigenvalue weighted by molar-refractivity contribution is 0.157. The van der Waals surface area contributed by atoms with Gasteiger partial charge in [-0.1, -0.05) is 17.7 Å². The van der Waals surface area contributed by atoms with E-state index in [-0.39, 0.29) is 0 Å². The number of hydrogen-bond acceptors (Lipinski definition) is 3. The summed E-state index contributed by atoms with van der Waals surface area (Å²) in [7, 11) is 3.79. The fourth-order valence-electron chi connectivity index (χ4n) is 3.19. The predicted molar refractivity (Wildman–Crippen MR) is 84.4 cm³/mol. The molecule has 1 N–H and O–H groups in total. The first-order valence-electron chi connectivity index (χ1n) is 7.55. The van der Waals surface area contributed by atoms with E-state index in [1.165, 1.54) is 30.5 Å². The van der Waals surface area contributed by atoms with Crippen LogP contribution >= 0.6 is 0 Å². The number of likely N-dealkylation sites (tertiary alicyclic amines) is 1. The van der Waals surface area contributed by atoms with Gasteiger partial charge in [0.25, 0.3) is 0 Å². The summed E-state index contributed by atoms with van der Waals surface area (Å²) in [6, 6.07) is 6.73. The van der Waals surface area contributed by atoms with E-state index in [0.29, 0.717) is 11.6 Å². The molecule has 0 aliphatic carbocycles. The molecule has 1 aliphatic heterocycles. The van der Waals surface area contributed by atoms with Crippen LogP contribution in [-0.4, -0.2) is 37.7 Å². The average molecular weight is 276 g/mol. The molecule has 1 unspecified atom stereocenters. The third kappa shape index (κ3) is 3.15. The molecule has 0 bridgehead atoms. The zero-order chi connectivity index (χ0) is 14.8. The first-order chi connectivity index (χ1) is 9.47. The van der Waals surface area contributed by atoms with Crippen LogP contribution in [-0.2, 0) is 0 Å². The monoisotopic (exact) mass is 276 g/mol. The molecule has 0 amide bonds. The molecule has 0 saturated carbocycles. The van der Waals surface area contributed by atoms with Gasteiger partial charge < -0.3 is 10.1 Å². The number of rotatable bonds is 5. The van der Waals surface area contributed by atoms with E-state index < -0.39 is 0 Å². The molecule has 1 saturated heterocycles. The molecule has 1 aromatic rings. The maximum absolute atomic E-state index is 5.54. The Morgan fingerprint density at radius 3 is 2.70 bits per heavy atom. The minimum absolute atomic E-state index is 0.308. The van der Waals surface area contributed by atoms with E-state index in [0.717, 1.165) is 12.3 Å². The number of methoxy groups -OCH3 is 1. The maximum Gasteiger partial charge on any atom is 0.123 e. The molecular weight excluding hydrogens is 248 g/mol. The summed E-state index contributed by atoms with van der Waals surface area (Å²) in [5, 5.41) is 3.46. The summed E-state index contributed by atoms with van der Waals surface area (Å²) in [5.74, 6) is 0.979. The van der Waals surface area contributed by atoms with Crippen LogP contribution in [0.2, 0.25) is 0 Å². The first-order valence-corrected chi connectivity index (χ1v) is 7.55. The van der Waals surface area contributed by atoms with E-state index in [9.17, 15) is 0 Å². The maximum atomic E-state index is 5.54. The third-order valence-electron chi connectivity index (χ3n) is 4.58. The number of hydrogen-bond donors (Lipinski definition) is 1. The van der Waals surface area contributed by atoms with E-state index in [4.69, 9.17) is 4.74 Å². The van der Waals surface area contributed by atoms with Crippen LogP contribution in [0.3, 0.4) is 0 Å². The van der Waals surface area contributed by atoms with E-state index >= 15 is 0 Å². The predicted octanol–water partition coefficient (Wildman–Crippen LogP) is 3.14. The number of likely N-dealkylation sites (N-methyl/N-ethyl adjacent to an activating group) is 1. The van der Waals surface area contributed by atoms with Crippen molar-refractivity contribution in [1.29, 1.82) is 0 Å². The Balaban J connectivity index is 2.22. The Hall–Kier alpha value is -1.06. The van der Waals surface area contributed by atoms with Crippen molar-refractivity contribution < 1.29 is 4.74 Å². The van der Waals surface area contributed by atoms with Gasteiger partial charge in [0.05, 0.1) is 7.11 Å². The van der Waals surface area contributed by atoms with E-state index in [1.54, 1.807) is 7.11 Å². The van der Waals surface area contributed by atoms with Crippen molar-refractivity contribution >= 4 is 0 Å². The van der Waals surface area contributed by atoms with E-state index in [1.807, 2.05) is 7.05 Å². The smallest absolute Gasteiger partial charge is 0.123 e. The molecule has 1 aliphatic rings. The van der Waals surface area contributed by atoms with Gasteiger partial charge in [-0.3, -0.25) is 4.90 Å². The first kappa shape index (κ1) is 15.3. The molecular formula is C17H28N2O. The fourth-order valence-corrected chi connectivity index (χ4v) is 3.19. The Morgan fingerprint density at radius 1 is 1.40 bits per heavy atom. The Bertz CT molecular complexity index is 456. The Morgan fingerprint density at radius 2 is 2.15 bits per heavy atom. The molecule has 0 aromatic heterocycles. The second kappa shape index (κ2) is 6.15. The van der Waals surface area contributed by atoms with Gasteiger partial charge in [0.15, 0.2) is 0 Å². The third-order valence-corrected chi connectivity index (χ3v) is 4.58. The lowest BCUT2D eigenvalue weighted by Gasteiger charge is -2.35. The molecule has 20 heavy (non-hydrogen) atoms. The molecule has 0 spiro atoms. The number of nitrogens with one attached hydrogen (secondary N) is 1. The molecule has 1 aromatic carbocycles. The van der Waals surface area contributed by atoms with Crippen LogP contribution in [0.15, 0.2) is 18.2 Å². The largest absolute Gasteiger partial charge is 0.496 e. The van der Waals surface area contributed by atoms with Gasteiger partial charge in [-0.2, -0.15) is 0 Å². The fraction of sp³-hybridized carbons (Fsp3) is 0.647. The highest BCUT2D eigenvalue weighted by Crippen LogP contribution is 2.32. The number of benzene rings is 1. The number of ether oxygens (including phenoxy) is 1. The zero-order valence-corrected chi connectivity index (χ0v) is 13.5. The van der Waals surface area contributed by atoms with Crippen molar-refractivity contribution in [2.24, 2.45) is 0 Å². The molecule has 1 atom stereocenters. The lowest BCUT2D eigenvalue weighted by Crippen LogP contribution is -2.43. The van der Waals surface area contributed by atoms with Gasteiger partial charge in [0, 0.05) is 23.7 Å². The van der Waals surface area contributed by atoms with Gasteiger partial charge in [0.1, 0.15) is 5.75 Å². The minimum atomic E-state index is 0.308. The highest BCUT2D eigenvalue weighted by molar-refractivity contribution is 5.39.